The fourth-order valence-corrected chi connectivity index (χ4v) is 3.52. The summed E-state index contributed by atoms with van der Waals surface area (Å²) < 4.78 is 5.51. The van der Waals surface area contributed by atoms with E-state index in [9.17, 15) is 9.59 Å². The molecule has 0 bridgehead atoms. The van der Waals surface area contributed by atoms with Gasteiger partial charge in [-0.1, -0.05) is 26.0 Å². The Morgan fingerprint density at radius 3 is 2.46 bits per heavy atom. The van der Waals surface area contributed by atoms with Crippen LogP contribution in [0.5, 0.6) is 5.75 Å². The highest BCUT2D eigenvalue weighted by atomic mass is 16.5. The Bertz CT molecular complexity index is 667. The van der Waals surface area contributed by atoms with E-state index in [-0.39, 0.29) is 17.7 Å². The fourth-order valence-electron chi connectivity index (χ4n) is 3.52. The topological polar surface area (TPSA) is 49.9 Å². The quantitative estimate of drug-likeness (QED) is 0.813. The van der Waals surface area contributed by atoms with E-state index in [0.717, 1.165) is 43.7 Å². The number of benzene rings is 1. The molecule has 1 saturated heterocycles. The third-order valence-electron chi connectivity index (χ3n) is 5.41. The number of carbonyl (C=O) groups is 2. The van der Waals surface area contributed by atoms with E-state index in [4.69, 9.17) is 4.74 Å². The van der Waals surface area contributed by atoms with Gasteiger partial charge in [0.15, 0.2) is 0 Å². The lowest BCUT2D eigenvalue weighted by Gasteiger charge is -2.22. The van der Waals surface area contributed by atoms with Crippen LogP contribution in [0.4, 0.5) is 0 Å². The molecular weight excluding hydrogens is 328 g/mol. The number of methoxy groups -OCH3 is 1. The Morgan fingerprint density at radius 2 is 1.81 bits per heavy atom. The second-order valence-electron chi connectivity index (χ2n) is 7.74. The summed E-state index contributed by atoms with van der Waals surface area (Å²) in [6.07, 6.45) is 3.26. The van der Waals surface area contributed by atoms with E-state index < -0.39 is 0 Å². The predicted molar refractivity (Wildman–Crippen MR) is 101 cm³/mol. The van der Waals surface area contributed by atoms with Gasteiger partial charge < -0.3 is 14.5 Å². The summed E-state index contributed by atoms with van der Waals surface area (Å²) in [6.45, 7) is 7.07. The molecule has 1 aliphatic heterocycles. The lowest BCUT2D eigenvalue weighted by Crippen LogP contribution is -2.38. The molecule has 5 nitrogen and oxygen atoms in total. The lowest BCUT2D eigenvalue weighted by molar-refractivity contribution is -0.134. The van der Waals surface area contributed by atoms with Gasteiger partial charge in [0.1, 0.15) is 5.75 Å². The van der Waals surface area contributed by atoms with Crippen molar-refractivity contribution in [3.8, 4) is 5.75 Å². The first-order chi connectivity index (χ1) is 12.5. The van der Waals surface area contributed by atoms with Gasteiger partial charge in [-0.05, 0) is 36.8 Å². The molecule has 0 aromatic heterocycles. The number of carbonyl (C=O) groups excluding carboxylic acids is 2. The van der Waals surface area contributed by atoms with Gasteiger partial charge in [-0.25, -0.2) is 0 Å². The van der Waals surface area contributed by atoms with Crippen LogP contribution in [-0.2, 0) is 16.0 Å². The Morgan fingerprint density at radius 1 is 1.12 bits per heavy atom. The molecule has 0 spiro atoms. The van der Waals surface area contributed by atoms with Crippen LogP contribution >= 0.6 is 0 Å². The van der Waals surface area contributed by atoms with Crippen LogP contribution in [0, 0.1) is 5.92 Å². The summed E-state index contributed by atoms with van der Waals surface area (Å²) in [5.74, 6) is 1.85. The van der Waals surface area contributed by atoms with Crippen LogP contribution in [0.2, 0.25) is 0 Å². The van der Waals surface area contributed by atoms with Crippen LogP contribution < -0.4 is 4.74 Å². The van der Waals surface area contributed by atoms with E-state index in [1.54, 1.807) is 7.11 Å². The molecule has 26 heavy (non-hydrogen) atoms. The van der Waals surface area contributed by atoms with Crippen LogP contribution in [-0.4, -0.2) is 54.9 Å². The summed E-state index contributed by atoms with van der Waals surface area (Å²) in [5, 5.41) is 0. The summed E-state index contributed by atoms with van der Waals surface area (Å²) in [6, 6.07) is 6.12. The molecule has 0 unspecified atom stereocenters. The van der Waals surface area contributed by atoms with Gasteiger partial charge in [0, 0.05) is 37.7 Å². The molecule has 1 aliphatic carbocycles. The van der Waals surface area contributed by atoms with Crippen LogP contribution in [0.3, 0.4) is 0 Å². The van der Waals surface area contributed by atoms with Gasteiger partial charge in [0.2, 0.25) is 11.8 Å². The van der Waals surface area contributed by atoms with E-state index in [1.807, 2.05) is 21.9 Å². The standard InChI is InChI=1S/C21H30N2O3/c1-15(2)17-7-8-18(19(13-17)26-3)14-20(24)22-9-4-10-23(12-11-22)21(25)16-5-6-16/h7-8,13,15-16H,4-6,9-12,14H2,1-3H3. The van der Waals surface area contributed by atoms with E-state index in [2.05, 4.69) is 19.9 Å². The maximum Gasteiger partial charge on any atom is 0.227 e. The van der Waals surface area contributed by atoms with Gasteiger partial charge >= 0.3 is 0 Å². The molecule has 1 saturated carbocycles. The molecular formula is C21H30N2O3. The van der Waals surface area contributed by atoms with Crippen molar-refractivity contribution in [1.29, 1.82) is 0 Å². The zero-order chi connectivity index (χ0) is 18.7. The zero-order valence-corrected chi connectivity index (χ0v) is 16.2. The molecule has 0 atom stereocenters. The average molecular weight is 358 g/mol. The second kappa shape index (κ2) is 8.11. The minimum absolute atomic E-state index is 0.112. The highest BCUT2D eigenvalue weighted by molar-refractivity contribution is 5.82. The molecule has 3 rings (SSSR count). The number of ether oxygens (including phenoxy) is 1. The number of hydrogen-bond donors (Lipinski definition) is 0. The monoisotopic (exact) mass is 358 g/mol. The average Bonchev–Trinajstić information content (AvgIpc) is 3.47. The zero-order valence-electron chi connectivity index (χ0n) is 16.2. The Labute approximate surface area is 156 Å². The smallest absolute Gasteiger partial charge is 0.227 e. The molecule has 2 aliphatic rings. The number of amides is 2. The van der Waals surface area contributed by atoms with Gasteiger partial charge in [0.05, 0.1) is 13.5 Å². The maximum atomic E-state index is 12.8. The molecule has 5 heteroatoms. The van der Waals surface area contributed by atoms with Crippen molar-refractivity contribution in [3.63, 3.8) is 0 Å². The minimum atomic E-state index is 0.112. The number of nitrogens with zero attached hydrogens (tertiary/aromatic N) is 2. The molecule has 1 heterocycles. The Kier molecular flexibility index (Phi) is 5.84. The predicted octanol–water partition coefficient (Wildman–Crippen LogP) is 2.83. The van der Waals surface area contributed by atoms with Gasteiger partial charge in [-0.3, -0.25) is 9.59 Å². The third kappa shape index (κ3) is 4.37. The van der Waals surface area contributed by atoms with Crippen molar-refractivity contribution in [3.05, 3.63) is 29.3 Å². The molecule has 0 N–H and O–H groups in total. The van der Waals surface area contributed by atoms with E-state index in [0.29, 0.717) is 25.4 Å². The van der Waals surface area contributed by atoms with Crippen molar-refractivity contribution >= 4 is 11.8 Å². The summed E-state index contributed by atoms with van der Waals surface area (Å²) in [4.78, 5) is 28.9. The third-order valence-corrected chi connectivity index (χ3v) is 5.41. The van der Waals surface area contributed by atoms with Crippen molar-refractivity contribution in [1.82, 2.24) is 9.80 Å². The second-order valence-corrected chi connectivity index (χ2v) is 7.74. The van der Waals surface area contributed by atoms with Crippen LogP contribution in [0.15, 0.2) is 18.2 Å². The van der Waals surface area contributed by atoms with E-state index in [1.165, 1.54) is 5.56 Å². The first-order valence-electron chi connectivity index (χ1n) is 9.73. The number of rotatable bonds is 5. The minimum Gasteiger partial charge on any atom is -0.496 e. The highest BCUT2D eigenvalue weighted by Crippen LogP contribution is 2.31. The first kappa shape index (κ1) is 18.7. The van der Waals surface area contributed by atoms with Gasteiger partial charge in [-0.2, -0.15) is 0 Å². The largest absolute Gasteiger partial charge is 0.496 e. The van der Waals surface area contributed by atoms with Crippen molar-refractivity contribution in [2.75, 3.05) is 33.3 Å². The summed E-state index contributed by atoms with van der Waals surface area (Å²) >= 11 is 0. The normalized spacial score (nSPS) is 18.0. The summed E-state index contributed by atoms with van der Waals surface area (Å²) in [7, 11) is 1.65. The number of hydrogen-bond acceptors (Lipinski definition) is 3. The molecule has 1 aromatic carbocycles. The van der Waals surface area contributed by atoms with Gasteiger partial charge in [0.25, 0.3) is 0 Å². The van der Waals surface area contributed by atoms with Crippen molar-refractivity contribution in [2.45, 2.75) is 45.4 Å². The molecule has 1 aromatic rings. The SMILES string of the molecule is COc1cc(C(C)C)ccc1CC(=O)N1CCCN(C(=O)C2CC2)CC1. The molecule has 2 fully saturated rings. The van der Waals surface area contributed by atoms with Crippen molar-refractivity contribution in [2.24, 2.45) is 5.92 Å². The van der Waals surface area contributed by atoms with Crippen LogP contribution in [0.1, 0.15) is 50.2 Å². The van der Waals surface area contributed by atoms with E-state index >= 15 is 0 Å². The maximum absolute atomic E-state index is 12.8. The van der Waals surface area contributed by atoms with Crippen LogP contribution in [0.25, 0.3) is 0 Å². The molecule has 2 amide bonds. The Hall–Kier alpha value is -2.04. The lowest BCUT2D eigenvalue weighted by atomic mass is 9.99. The van der Waals surface area contributed by atoms with Crippen molar-refractivity contribution < 1.29 is 14.3 Å². The highest BCUT2D eigenvalue weighted by Gasteiger charge is 2.34. The summed E-state index contributed by atoms with van der Waals surface area (Å²) in [5.41, 5.74) is 2.14. The molecule has 142 valence electrons. The Balaban J connectivity index is 1.61. The molecule has 0 radical (unpaired) electrons. The first-order valence-corrected chi connectivity index (χ1v) is 9.73. The van der Waals surface area contributed by atoms with Gasteiger partial charge in [-0.15, -0.1) is 0 Å². The fraction of sp³-hybridized carbons (Fsp3) is 0.619.